The highest BCUT2D eigenvalue weighted by Crippen LogP contribution is 2.46. The van der Waals surface area contributed by atoms with Crippen LogP contribution in [-0.2, 0) is 10.3 Å². The SMILES string of the molecule is COCCCC[C@@](O)(c1cccc(Cl)c1F)C1CCCN(C(=O)O)C1CC(N)CC1CCCCC1. The number of carboxylic acid groups (broad SMARTS) is 1. The Labute approximate surface area is 214 Å². The van der Waals surface area contributed by atoms with Gasteiger partial charge in [-0.2, -0.15) is 0 Å². The van der Waals surface area contributed by atoms with Gasteiger partial charge in [0.2, 0.25) is 0 Å². The van der Waals surface area contributed by atoms with Gasteiger partial charge in [-0.05, 0) is 56.9 Å². The zero-order chi connectivity index (χ0) is 25.4. The second kappa shape index (κ2) is 13.2. The van der Waals surface area contributed by atoms with Crippen molar-refractivity contribution in [2.45, 2.75) is 94.7 Å². The predicted octanol–water partition coefficient (Wildman–Crippen LogP) is 5.93. The summed E-state index contributed by atoms with van der Waals surface area (Å²) in [6.07, 6.45) is 9.16. The Bertz CT molecular complexity index is 822. The summed E-state index contributed by atoms with van der Waals surface area (Å²) < 4.78 is 20.5. The first-order valence-corrected chi connectivity index (χ1v) is 13.6. The molecule has 3 rings (SSSR count). The number of hydrogen-bond donors (Lipinski definition) is 3. The van der Waals surface area contributed by atoms with Crippen molar-refractivity contribution < 1.29 is 24.1 Å². The van der Waals surface area contributed by atoms with Crippen LogP contribution in [0.1, 0.15) is 82.6 Å². The monoisotopic (exact) mass is 512 g/mol. The van der Waals surface area contributed by atoms with E-state index < -0.39 is 29.5 Å². The van der Waals surface area contributed by atoms with Crippen LogP contribution in [-0.4, -0.2) is 53.6 Å². The quantitative estimate of drug-likeness (QED) is 0.319. The maximum atomic E-state index is 15.3. The number of nitrogens with zero attached hydrogens (tertiary/aromatic N) is 1. The Kier molecular flexibility index (Phi) is 10.6. The molecule has 1 aliphatic heterocycles. The zero-order valence-corrected chi connectivity index (χ0v) is 21.7. The van der Waals surface area contributed by atoms with Crippen LogP contribution in [0, 0.1) is 17.7 Å². The molecule has 4 atom stereocenters. The maximum Gasteiger partial charge on any atom is 0.407 e. The van der Waals surface area contributed by atoms with Crippen LogP contribution >= 0.6 is 11.6 Å². The third kappa shape index (κ3) is 7.09. The van der Waals surface area contributed by atoms with Gasteiger partial charge in [0.05, 0.1) is 10.6 Å². The van der Waals surface area contributed by atoms with Crippen LogP contribution < -0.4 is 5.73 Å². The Morgan fingerprint density at radius 1 is 1.23 bits per heavy atom. The summed E-state index contributed by atoms with van der Waals surface area (Å²) in [7, 11) is 1.62. The number of piperidine rings is 1. The molecule has 35 heavy (non-hydrogen) atoms. The van der Waals surface area contributed by atoms with E-state index in [1.54, 1.807) is 19.2 Å². The van der Waals surface area contributed by atoms with Gasteiger partial charge >= 0.3 is 6.09 Å². The third-order valence-corrected chi connectivity index (χ3v) is 8.41. The van der Waals surface area contributed by atoms with E-state index >= 15 is 4.39 Å². The first kappa shape index (κ1) is 28.2. The van der Waals surface area contributed by atoms with Crippen LogP contribution in [0.2, 0.25) is 5.02 Å². The van der Waals surface area contributed by atoms with Crippen LogP contribution in [0.25, 0.3) is 0 Å². The lowest BCUT2D eigenvalue weighted by molar-refractivity contribution is -0.0879. The van der Waals surface area contributed by atoms with Gasteiger partial charge in [-0.3, -0.25) is 0 Å². The standard InChI is InChI=1S/C27H42ClFN2O4/c1-35-16-6-5-14-27(34,22-11-7-13-23(28)25(22)29)21-12-8-15-31(26(32)33)24(21)18-20(30)17-19-9-3-2-4-10-19/h7,11,13,19-21,24,34H,2-6,8-10,12,14-18,30H2,1H3,(H,32,33)/t20?,21?,24?,27-/m0/s1. The van der Waals surface area contributed by atoms with Crippen molar-refractivity contribution in [1.29, 1.82) is 0 Å². The summed E-state index contributed by atoms with van der Waals surface area (Å²) >= 11 is 6.12. The van der Waals surface area contributed by atoms with Crippen molar-refractivity contribution in [3.05, 3.63) is 34.6 Å². The van der Waals surface area contributed by atoms with Crippen molar-refractivity contribution in [1.82, 2.24) is 4.90 Å². The first-order chi connectivity index (χ1) is 16.8. The molecule has 1 aromatic carbocycles. The van der Waals surface area contributed by atoms with Crippen LogP contribution in [0.3, 0.4) is 0 Å². The van der Waals surface area contributed by atoms with Gasteiger partial charge in [0, 0.05) is 43.8 Å². The number of hydrogen-bond acceptors (Lipinski definition) is 4. The summed E-state index contributed by atoms with van der Waals surface area (Å²) in [6.45, 7) is 0.931. The summed E-state index contributed by atoms with van der Waals surface area (Å²) in [6, 6.07) is 4.02. The fourth-order valence-electron chi connectivity index (χ4n) is 6.40. The molecular weight excluding hydrogens is 471 g/mol. The van der Waals surface area contributed by atoms with E-state index in [0.717, 1.165) is 6.42 Å². The number of aliphatic hydroxyl groups is 1. The van der Waals surface area contributed by atoms with E-state index in [2.05, 4.69) is 0 Å². The number of ether oxygens (including phenoxy) is 1. The molecule has 1 saturated heterocycles. The van der Waals surface area contributed by atoms with E-state index in [0.29, 0.717) is 57.6 Å². The lowest BCUT2D eigenvalue weighted by Gasteiger charge is -2.48. The minimum atomic E-state index is -1.56. The average molecular weight is 513 g/mol. The van der Waals surface area contributed by atoms with Crippen molar-refractivity contribution in [2.75, 3.05) is 20.3 Å². The number of rotatable bonds is 11. The number of unbranched alkanes of at least 4 members (excludes halogenated alkanes) is 1. The van der Waals surface area contributed by atoms with Gasteiger partial charge in [-0.1, -0.05) is 55.8 Å². The Morgan fingerprint density at radius 3 is 2.66 bits per heavy atom. The molecule has 1 amide bonds. The number of amides is 1. The average Bonchev–Trinajstić information content (AvgIpc) is 2.84. The minimum Gasteiger partial charge on any atom is -0.465 e. The first-order valence-electron chi connectivity index (χ1n) is 13.2. The highest BCUT2D eigenvalue weighted by molar-refractivity contribution is 6.30. The van der Waals surface area contributed by atoms with Crippen LogP contribution in [0.4, 0.5) is 9.18 Å². The predicted molar refractivity (Wildman–Crippen MR) is 136 cm³/mol. The lowest BCUT2D eigenvalue weighted by Crippen LogP contribution is -2.56. The fraction of sp³-hybridized carbons (Fsp3) is 0.741. The molecule has 6 nitrogen and oxygen atoms in total. The summed E-state index contributed by atoms with van der Waals surface area (Å²) in [5.41, 5.74) is 5.20. The Balaban J connectivity index is 1.92. The molecule has 2 fully saturated rings. The molecular formula is C27H42ClFN2O4. The summed E-state index contributed by atoms with van der Waals surface area (Å²) in [5.74, 6) is -0.557. The molecule has 0 aromatic heterocycles. The molecule has 1 saturated carbocycles. The molecule has 4 N–H and O–H groups in total. The number of benzene rings is 1. The number of methoxy groups -OCH3 is 1. The van der Waals surface area contributed by atoms with Gasteiger partial charge in [-0.25, -0.2) is 9.18 Å². The Morgan fingerprint density at radius 2 is 1.97 bits per heavy atom. The third-order valence-electron chi connectivity index (χ3n) is 8.12. The number of halogens is 2. The van der Waals surface area contributed by atoms with Crippen molar-refractivity contribution in [2.24, 2.45) is 17.6 Å². The van der Waals surface area contributed by atoms with Gasteiger partial charge in [0.15, 0.2) is 0 Å². The van der Waals surface area contributed by atoms with E-state index in [1.807, 2.05) is 0 Å². The number of carbonyl (C=O) groups is 1. The maximum absolute atomic E-state index is 15.3. The molecule has 0 bridgehead atoms. The minimum absolute atomic E-state index is 0.0470. The van der Waals surface area contributed by atoms with Gasteiger partial charge < -0.3 is 25.6 Å². The van der Waals surface area contributed by atoms with Gasteiger partial charge in [-0.15, -0.1) is 0 Å². The second-order valence-electron chi connectivity index (χ2n) is 10.5. The van der Waals surface area contributed by atoms with E-state index in [1.165, 1.54) is 43.1 Å². The number of nitrogens with two attached hydrogens (primary N) is 1. The smallest absolute Gasteiger partial charge is 0.407 e. The Hall–Kier alpha value is -1.41. The molecule has 1 heterocycles. The topological polar surface area (TPSA) is 96.0 Å². The molecule has 198 valence electrons. The van der Waals surface area contributed by atoms with Crippen molar-refractivity contribution in [3.63, 3.8) is 0 Å². The molecule has 0 radical (unpaired) electrons. The normalized spacial score (nSPS) is 24.2. The largest absolute Gasteiger partial charge is 0.465 e. The molecule has 2 aliphatic rings. The summed E-state index contributed by atoms with van der Waals surface area (Å²) in [4.78, 5) is 13.7. The fourth-order valence-corrected chi connectivity index (χ4v) is 6.57. The zero-order valence-electron chi connectivity index (χ0n) is 20.9. The van der Waals surface area contributed by atoms with Crippen LogP contribution in [0.15, 0.2) is 18.2 Å². The van der Waals surface area contributed by atoms with Crippen LogP contribution in [0.5, 0.6) is 0 Å². The molecule has 1 aliphatic carbocycles. The highest BCUT2D eigenvalue weighted by Gasteiger charge is 2.48. The van der Waals surface area contributed by atoms with Crippen molar-refractivity contribution in [3.8, 4) is 0 Å². The lowest BCUT2D eigenvalue weighted by atomic mass is 9.68. The molecule has 8 heteroatoms. The van der Waals surface area contributed by atoms with Gasteiger partial charge in [0.25, 0.3) is 0 Å². The van der Waals surface area contributed by atoms with Crippen molar-refractivity contribution >= 4 is 17.7 Å². The van der Waals surface area contributed by atoms with E-state index in [9.17, 15) is 15.0 Å². The second-order valence-corrected chi connectivity index (χ2v) is 10.9. The molecule has 0 spiro atoms. The van der Waals surface area contributed by atoms with Gasteiger partial charge in [0.1, 0.15) is 5.82 Å². The van der Waals surface area contributed by atoms with E-state index in [4.69, 9.17) is 22.1 Å². The highest BCUT2D eigenvalue weighted by atomic mass is 35.5. The number of likely N-dealkylation sites (tertiary alicyclic amines) is 1. The molecule has 3 unspecified atom stereocenters. The molecule has 1 aromatic rings. The van der Waals surface area contributed by atoms with E-state index in [-0.39, 0.29) is 16.6 Å². The summed E-state index contributed by atoms with van der Waals surface area (Å²) in [5, 5.41) is 22.2.